The van der Waals surface area contributed by atoms with E-state index in [4.69, 9.17) is 9.72 Å². The van der Waals surface area contributed by atoms with Crippen molar-refractivity contribution in [3.8, 4) is 17.3 Å². The fraction of sp³-hybridized carbons (Fsp3) is 0.286. The Morgan fingerprint density at radius 2 is 2.07 bits per heavy atom. The van der Waals surface area contributed by atoms with E-state index < -0.39 is 12.3 Å². The molecule has 1 aliphatic heterocycles. The van der Waals surface area contributed by atoms with Crippen molar-refractivity contribution in [2.75, 3.05) is 13.1 Å². The lowest BCUT2D eigenvalue weighted by atomic mass is 10.1. The molecule has 28 heavy (non-hydrogen) atoms. The minimum atomic E-state index is -1.00. The second-order valence-corrected chi connectivity index (χ2v) is 7.02. The number of benzene rings is 1. The lowest BCUT2D eigenvalue weighted by molar-refractivity contribution is 0.100. The van der Waals surface area contributed by atoms with Crippen LogP contribution < -0.4 is 10.1 Å². The first-order valence-electron chi connectivity index (χ1n) is 9.50. The van der Waals surface area contributed by atoms with Crippen LogP contribution in [0, 0.1) is 0 Å². The van der Waals surface area contributed by atoms with E-state index in [9.17, 15) is 4.39 Å². The first-order chi connectivity index (χ1) is 13.8. The molecule has 5 rings (SSSR count). The van der Waals surface area contributed by atoms with Gasteiger partial charge in [0, 0.05) is 18.1 Å². The molecule has 1 aromatic carbocycles. The highest BCUT2D eigenvalue weighted by Crippen LogP contribution is 2.26. The standard InChI is InChI=1S/C21H20FN5O/c22-16-13-23-10-3-4-19(16)28-15-7-9-17-14(12-15)6-8-18(24-17)21-26-25-20-5-1-2-11-27(20)21/h1-2,5-9,11-12,16,19,23H,3-4,10,13H2. The Morgan fingerprint density at radius 3 is 3.04 bits per heavy atom. The number of hydrogen-bond acceptors (Lipinski definition) is 5. The average Bonchev–Trinajstić information content (AvgIpc) is 3.06. The van der Waals surface area contributed by atoms with Crippen LogP contribution in [0.4, 0.5) is 4.39 Å². The highest BCUT2D eigenvalue weighted by molar-refractivity contribution is 5.82. The summed E-state index contributed by atoms with van der Waals surface area (Å²) in [6, 6.07) is 15.3. The van der Waals surface area contributed by atoms with Gasteiger partial charge in [0.15, 0.2) is 11.5 Å². The van der Waals surface area contributed by atoms with Gasteiger partial charge in [-0.05, 0) is 55.8 Å². The molecule has 3 aromatic heterocycles. The molecular weight excluding hydrogens is 357 g/mol. The number of hydrogen-bond donors (Lipinski definition) is 1. The molecule has 0 aliphatic carbocycles. The van der Waals surface area contributed by atoms with Crippen LogP contribution in [-0.4, -0.2) is 44.9 Å². The first kappa shape index (κ1) is 17.1. The number of fused-ring (bicyclic) bond motifs is 2. The molecule has 0 radical (unpaired) electrons. The lowest BCUT2D eigenvalue weighted by Crippen LogP contribution is -2.33. The van der Waals surface area contributed by atoms with E-state index in [1.54, 1.807) is 0 Å². The Bertz CT molecular complexity index is 1130. The van der Waals surface area contributed by atoms with Crippen LogP contribution in [-0.2, 0) is 0 Å². The van der Waals surface area contributed by atoms with Crippen LogP contribution in [0.15, 0.2) is 54.7 Å². The Balaban J connectivity index is 1.44. The zero-order chi connectivity index (χ0) is 18.9. The molecule has 4 aromatic rings. The van der Waals surface area contributed by atoms with E-state index in [1.807, 2.05) is 59.1 Å². The van der Waals surface area contributed by atoms with E-state index in [0.29, 0.717) is 24.5 Å². The second-order valence-electron chi connectivity index (χ2n) is 7.02. The van der Waals surface area contributed by atoms with Crippen LogP contribution in [0.2, 0.25) is 0 Å². The maximum Gasteiger partial charge on any atom is 0.187 e. The lowest BCUT2D eigenvalue weighted by Gasteiger charge is -2.20. The van der Waals surface area contributed by atoms with Crippen molar-refractivity contribution in [3.05, 3.63) is 54.7 Å². The molecule has 2 unspecified atom stereocenters. The molecule has 4 heterocycles. The molecule has 0 spiro atoms. The van der Waals surface area contributed by atoms with Crippen LogP contribution in [0.5, 0.6) is 5.75 Å². The summed E-state index contributed by atoms with van der Waals surface area (Å²) in [7, 11) is 0. The zero-order valence-corrected chi connectivity index (χ0v) is 15.3. The van der Waals surface area contributed by atoms with Gasteiger partial charge in [0.1, 0.15) is 23.7 Å². The summed E-state index contributed by atoms with van der Waals surface area (Å²) >= 11 is 0. The maximum absolute atomic E-state index is 14.2. The SMILES string of the molecule is FC1CNCCCC1Oc1ccc2nc(-c3nnc4ccccn34)ccc2c1. The Morgan fingerprint density at radius 1 is 1.11 bits per heavy atom. The van der Waals surface area contributed by atoms with Gasteiger partial charge in [0.05, 0.1) is 5.52 Å². The minimum Gasteiger partial charge on any atom is -0.487 e. The van der Waals surface area contributed by atoms with Gasteiger partial charge in [0.2, 0.25) is 0 Å². The van der Waals surface area contributed by atoms with E-state index >= 15 is 0 Å². The van der Waals surface area contributed by atoms with Crippen molar-refractivity contribution >= 4 is 16.6 Å². The number of ether oxygens (including phenoxy) is 1. The molecule has 142 valence electrons. The molecule has 1 saturated heterocycles. The molecule has 7 heteroatoms. The number of alkyl halides is 1. The number of nitrogens with zero attached hydrogens (tertiary/aromatic N) is 4. The quantitative estimate of drug-likeness (QED) is 0.593. The van der Waals surface area contributed by atoms with Crippen LogP contribution in [0.3, 0.4) is 0 Å². The number of aromatic nitrogens is 4. The molecule has 1 N–H and O–H groups in total. The zero-order valence-electron chi connectivity index (χ0n) is 15.3. The monoisotopic (exact) mass is 377 g/mol. The third-order valence-electron chi connectivity index (χ3n) is 5.08. The number of nitrogens with one attached hydrogen (secondary N) is 1. The summed E-state index contributed by atoms with van der Waals surface area (Å²) in [6.07, 6.45) is 2.13. The third-order valence-corrected chi connectivity index (χ3v) is 5.08. The Labute approximate surface area is 161 Å². The van der Waals surface area contributed by atoms with Crippen molar-refractivity contribution in [2.45, 2.75) is 25.1 Å². The first-order valence-corrected chi connectivity index (χ1v) is 9.50. The molecular formula is C21H20FN5O. The molecule has 2 atom stereocenters. The average molecular weight is 377 g/mol. The van der Waals surface area contributed by atoms with Gasteiger partial charge in [-0.15, -0.1) is 10.2 Å². The van der Waals surface area contributed by atoms with Gasteiger partial charge in [0.25, 0.3) is 0 Å². The summed E-state index contributed by atoms with van der Waals surface area (Å²) in [5, 5.41) is 12.5. The molecule has 0 amide bonds. The largest absolute Gasteiger partial charge is 0.487 e. The van der Waals surface area contributed by atoms with E-state index in [1.165, 1.54) is 0 Å². The predicted molar refractivity (Wildman–Crippen MR) is 105 cm³/mol. The molecule has 1 fully saturated rings. The maximum atomic E-state index is 14.2. The number of pyridine rings is 2. The van der Waals surface area contributed by atoms with Gasteiger partial charge in [-0.3, -0.25) is 4.40 Å². The molecule has 0 bridgehead atoms. The van der Waals surface area contributed by atoms with Crippen molar-refractivity contribution in [1.29, 1.82) is 0 Å². The van der Waals surface area contributed by atoms with Crippen molar-refractivity contribution < 1.29 is 9.13 Å². The fourth-order valence-electron chi connectivity index (χ4n) is 3.61. The Hall–Kier alpha value is -3.06. The van der Waals surface area contributed by atoms with Crippen LogP contribution >= 0.6 is 0 Å². The van der Waals surface area contributed by atoms with Crippen LogP contribution in [0.25, 0.3) is 28.1 Å². The van der Waals surface area contributed by atoms with Gasteiger partial charge in [-0.25, -0.2) is 9.37 Å². The number of halogens is 1. The second kappa shape index (κ2) is 7.16. The summed E-state index contributed by atoms with van der Waals surface area (Å²) in [5.41, 5.74) is 2.36. The summed E-state index contributed by atoms with van der Waals surface area (Å²) in [4.78, 5) is 4.72. The molecule has 6 nitrogen and oxygen atoms in total. The molecule has 0 saturated carbocycles. The minimum absolute atomic E-state index is 0.343. The van der Waals surface area contributed by atoms with Gasteiger partial charge >= 0.3 is 0 Å². The normalized spacial score (nSPS) is 20.3. The Kier molecular flexibility index (Phi) is 4.37. The summed E-state index contributed by atoms with van der Waals surface area (Å²) < 4.78 is 22.1. The van der Waals surface area contributed by atoms with E-state index in [-0.39, 0.29) is 0 Å². The van der Waals surface area contributed by atoms with Gasteiger partial charge in [-0.1, -0.05) is 12.1 Å². The van der Waals surface area contributed by atoms with Crippen molar-refractivity contribution in [2.24, 2.45) is 0 Å². The fourth-order valence-corrected chi connectivity index (χ4v) is 3.61. The van der Waals surface area contributed by atoms with Crippen molar-refractivity contribution in [1.82, 2.24) is 24.9 Å². The van der Waals surface area contributed by atoms with Gasteiger partial charge in [-0.2, -0.15) is 0 Å². The summed E-state index contributed by atoms with van der Waals surface area (Å²) in [5.74, 6) is 1.37. The third kappa shape index (κ3) is 3.18. The molecule has 1 aliphatic rings. The highest BCUT2D eigenvalue weighted by atomic mass is 19.1. The summed E-state index contributed by atoms with van der Waals surface area (Å²) in [6.45, 7) is 1.18. The van der Waals surface area contributed by atoms with E-state index in [2.05, 4.69) is 15.5 Å². The predicted octanol–water partition coefficient (Wildman–Crippen LogP) is 3.41. The van der Waals surface area contributed by atoms with Gasteiger partial charge < -0.3 is 10.1 Å². The van der Waals surface area contributed by atoms with Crippen LogP contribution in [0.1, 0.15) is 12.8 Å². The smallest absolute Gasteiger partial charge is 0.187 e. The highest BCUT2D eigenvalue weighted by Gasteiger charge is 2.25. The number of rotatable bonds is 3. The van der Waals surface area contributed by atoms with Crippen molar-refractivity contribution in [3.63, 3.8) is 0 Å². The van der Waals surface area contributed by atoms with E-state index in [0.717, 1.165) is 35.2 Å². The topological polar surface area (TPSA) is 64.3 Å².